The van der Waals surface area contributed by atoms with Crippen molar-refractivity contribution in [3.8, 4) is 5.75 Å². The Labute approximate surface area is 124 Å². The Balaban J connectivity index is 2.01. The van der Waals surface area contributed by atoms with Crippen molar-refractivity contribution in [2.45, 2.75) is 32.3 Å². The third-order valence-corrected chi connectivity index (χ3v) is 4.02. The molecule has 0 radical (unpaired) electrons. The minimum absolute atomic E-state index is 0.0665. The van der Waals surface area contributed by atoms with Gasteiger partial charge in [-0.1, -0.05) is 26.0 Å². The van der Waals surface area contributed by atoms with Crippen LogP contribution in [0.1, 0.15) is 42.2 Å². The lowest BCUT2D eigenvalue weighted by atomic mass is 9.85. The minimum Gasteiger partial charge on any atom is -0.492 e. The summed E-state index contributed by atoms with van der Waals surface area (Å²) in [4.78, 5) is 0. The van der Waals surface area contributed by atoms with E-state index in [1.54, 1.807) is 0 Å². The van der Waals surface area contributed by atoms with Gasteiger partial charge in [-0.15, -0.1) is 0 Å². The zero-order chi connectivity index (χ0) is 15.2. The molecule has 0 spiro atoms. The number of aliphatic hydroxyl groups excluding tert-OH is 1. The highest BCUT2D eigenvalue weighted by molar-refractivity contribution is 5.47. The number of rotatable bonds is 2. The third kappa shape index (κ3) is 2.54. The van der Waals surface area contributed by atoms with E-state index in [9.17, 15) is 9.50 Å². The first-order valence-corrected chi connectivity index (χ1v) is 7.09. The standard InChI is InChI=1S/C18H19FO2/c1-11-6-13(8-14(19)7-11)17(20)12-4-5-16-15(9-12)18(2,3)10-21-16/h4-9,17,20H,10H2,1-3H3. The molecule has 21 heavy (non-hydrogen) atoms. The Bertz CT molecular complexity index is 671. The molecule has 1 aliphatic rings. The SMILES string of the molecule is Cc1cc(F)cc(C(O)c2ccc3c(c2)C(C)(C)CO3)c1. The summed E-state index contributed by atoms with van der Waals surface area (Å²) in [6.07, 6.45) is -0.832. The molecule has 1 atom stereocenters. The fourth-order valence-corrected chi connectivity index (χ4v) is 2.82. The van der Waals surface area contributed by atoms with Crippen molar-refractivity contribution in [1.29, 1.82) is 0 Å². The lowest BCUT2D eigenvalue weighted by Gasteiger charge is -2.18. The number of aryl methyl sites for hydroxylation is 1. The topological polar surface area (TPSA) is 29.5 Å². The molecule has 0 aromatic heterocycles. The maximum Gasteiger partial charge on any atom is 0.123 e. The molecule has 1 unspecified atom stereocenters. The van der Waals surface area contributed by atoms with E-state index >= 15 is 0 Å². The van der Waals surface area contributed by atoms with Gasteiger partial charge in [0.2, 0.25) is 0 Å². The second-order valence-corrected chi connectivity index (χ2v) is 6.39. The van der Waals surface area contributed by atoms with E-state index < -0.39 is 6.10 Å². The van der Waals surface area contributed by atoms with Crippen LogP contribution in [-0.2, 0) is 5.41 Å². The van der Waals surface area contributed by atoms with E-state index in [-0.39, 0.29) is 11.2 Å². The van der Waals surface area contributed by atoms with E-state index in [2.05, 4.69) is 13.8 Å². The number of aliphatic hydroxyl groups is 1. The predicted molar refractivity (Wildman–Crippen MR) is 80.2 cm³/mol. The van der Waals surface area contributed by atoms with E-state index in [1.807, 2.05) is 31.2 Å². The summed E-state index contributed by atoms with van der Waals surface area (Å²) in [5.41, 5.74) is 3.16. The van der Waals surface area contributed by atoms with Gasteiger partial charge < -0.3 is 9.84 Å². The molecular formula is C18H19FO2. The molecule has 1 N–H and O–H groups in total. The highest BCUT2D eigenvalue weighted by atomic mass is 19.1. The number of fused-ring (bicyclic) bond motifs is 1. The van der Waals surface area contributed by atoms with Gasteiger partial charge in [0.05, 0.1) is 6.61 Å². The van der Waals surface area contributed by atoms with Crippen LogP contribution in [0.2, 0.25) is 0 Å². The van der Waals surface area contributed by atoms with Crippen LogP contribution in [0.3, 0.4) is 0 Å². The van der Waals surface area contributed by atoms with Gasteiger partial charge in [0.1, 0.15) is 17.7 Å². The van der Waals surface area contributed by atoms with Crippen LogP contribution in [0.4, 0.5) is 4.39 Å². The van der Waals surface area contributed by atoms with Crippen molar-refractivity contribution < 1.29 is 14.2 Å². The van der Waals surface area contributed by atoms with Crippen molar-refractivity contribution in [1.82, 2.24) is 0 Å². The predicted octanol–water partition coefficient (Wildman–Crippen LogP) is 3.89. The molecule has 2 nitrogen and oxygen atoms in total. The van der Waals surface area contributed by atoms with Crippen LogP contribution >= 0.6 is 0 Å². The Morgan fingerprint density at radius 1 is 1.14 bits per heavy atom. The molecule has 0 aliphatic carbocycles. The normalized spacial score (nSPS) is 17.2. The lowest BCUT2D eigenvalue weighted by molar-refractivity contribution is 0.219. The molecule has 3 rings (SSSR count). The summed E-state index contributed by atoms with van der Waals surface area (Å²) >= 11 is 0. The summed E-state index contributed by atoms with van der Waals surface area (Å²) in [7, 11) is 0. The second-order valence-electron chi connectivity index (χ2n) is 6.39. The summed E-state index contributed by atoms with van der Waals surface area (Å²) < 4.78 is 19.2. The summed E-state index contributed by atoms with van der Waals surface area (Å²) in [5, 5.41) is 10.5. The van der Waals surface area contributed by atoms with Gasteiger partial charge in [-0.3, -0.25) is 0 Å². The Hall–Kier alpha value is -1.87. The second kappa shape index (κ2) is 4.85. The van der Waals surface area contributed by atoms with Crippen molar-refractivity contribution in [3.05, 3.63) is 64.5 Å². The van der Waals surface area contributed by atoms with Gasteiger partial charge in [-0.25, -0.2) is 4.39 Å². The van der Waals surface area contributed by atoms with Crippen molar-refractivity contribution in [3.63, 3.8) is 0 Å². The fourth-order valence-electron chi connectivity index (χ4n) is 2.82. The number of hydrogen-bond donors (Lipinski definition) is 1. The van der Waals surface area contributed by atoms with E-state index in [1.165, 1.54) is 12.1 Å². The monoisotopic (exact) mass is 286 g/mol. The van der Waals surface area contributed by atoms with Gasteiger partial charge in [0, 0.05) is 11.0 Å². The molecule has 2 aromatic carbocycles. The Morgan fingerprint density at radius 2 is 1.90 bits per heavy atom. The maximum absolute atomic E-state index is 13.5. The Morgan fingerprint density at radius 3 is 2.62 bits per heavy atom. The van der Waals surface area contributed by atoms with Gasteiger partial charge in [0.25, 0.3) is 0 Å². The lowest BCUT2D eigenvalue weighted by Crippen LogP contribution is -2.18. The van der Waals surface area contributed by atoms with Crippen molar-refractivity contribution in [2.75, 3.05) is 6.61 Å². The van der Waals surface area contributed by atoms with E-state index in [0.717, 1.165) is 22.4 Å². The first-order valence-electron chi connectivity index (χ1n) is 7.09. The van der Waals surface area contributed by atoms with E-state index in [0.29, 0.717) is 12.2 Å². The first kappa shape index (κ1) is 14.1. The molecule has 1 heterocycles. The van der Waals surface area contributed by atoms with Crippen molar-refractivity contribution in [2.24, 2.45) is 0 Å². The van der Waals surface area contributed by atoms with Gasteiger partial charge >= 0.3 is 0 Å². The highest BCUT2D eigenvalue weighted by Crippen LogP contribution is 2.40. The van der Waals surface area contributed by atoms with Gasteiger partial charge in [-0.05, 0) is 47.9 Å². The molecule has 0 saturated carbocycles. The fraction of sp³-hybridized carbons (Fsp3) is 0.333. The largest absolute Gasteiger partial charge is 0.492 e. The van der Waals surface area contributed by atoms with Gasteiger partial charge in [0.15, 0.2) is 0 Å². The molecule has 0 saturated heterocycles. The van der Waals surface area contributed by atoms with Crippen LogP contribution in [0.5, 0.6) is 5.75 Å². The molecule has 1 aliphatic heterocycles. The molecular weight excluding hydrogens is 267 g/mol. The molecule has 0 bridgehead atoms. The summed E-state index contributed by atoms with van der Waals surface area (Å²) in [5.74, 6) is 0.542. The maximum atomic E-state index is 13.5. The Kier molecular flexibility index (Phi) is 3.25. The van der Waals surface area contributed by atoms with E-state index in [4.69, 9.17) is 4.74 Å². The third-order valence-electron chi connectivity index (χ3n) is 4.02. The summed E-state index contributed by atoms with van der Waals surface area (Å²) in [6, 6.07) is 10.3. The van der Waals surface area contributed by atoms with Crippen molar-refractivity contribution >= 4 is 0 Å². The number of ether oxygens (including phenoxy) is 1. The highest BCUT2D eigenvalue weighted by Gasteiger charge is 2.32. The van der Waals surface area contributed by atoms with Crippen LogP contribution in [0.15, 0.2) is 36.4 Å². The molecule has 110 valence electrons. The van der Waals surface area contributed by atoms with Crippen LogP contribution < -0.4 is 4.74 Å². The molecule has 2 aromatic rings. The number of hydrogen-bond acceptors (Lipinski definition) is 2. The summed E-state index contributed by atoms with van der Waals surface area (Å²) in [6.45, 7) is 6.68. The van der Waals surface area contributed by atoms with Crippen LogP contribution in [0, 0.1) is 12.7 Å². The molecule has 3 heteroatoms. The minimum atomic E-state index is -0.832. The molecule has 0 amide bonds. The molecule has 0 fully saturated rings. The zero-order valence-electron chi connectivity index (χ0n) is 12.5. The van der Waals surface area contributed by atoms with Crippen LogP contribution in [0.25, 0.3) is 0 Å². The van der Waals surface area contributed by atoms with Crippen LogP contribution in [-0.4, -0.2) is 11.7 Å². The zero-order valence-corrected chi connectivity index (χ0v) is 12.5. The average molecular weight is 286 g/mol. The number of benzene rings is 2. The smallest absolute Gasteiger partial charge is 0.123 e. The average Bonchev–Trinajstić information content (AvgIpc) is 2.72. The van der Waals surface area contributed by atoms with Gasteiger partial charge in [-0.2, -0.15) is 0 Å². The quantitative estimate of drug-likeness (QED) is 0.907. The number of halogens is 1. The first-order chi connectivity index (χ1) is 9.87.